The Morgan fingerprint density at radius 1 is 0.825 bits per heavy atom. The molecule has 2 fully saturated rings. The third-order valence-electron chi connectivity index (χ3n) is 11.0. The topological polar surface area (TPSA) is 298 Å². The first-order valence-corrected chi connectivity index (χ1v) is 26.8. The van der Waals surface area contributed by atoms with Crippen molar-refractivity contribution in [3.63, 3.8) is 0 Å². The third-order valence-corrected chi connectivity index (χ3v) is 11.8. The number of ether oxygens (including phenoxy) is 5. The van der Waals surface area contributed by atoms with Gasteiger partial charge in [0.1, 0.15) is 39.8 Å². The van der Waals surface area contributed by atoms with Crippen molar-refractivity contribution in [3.05, 3.63) is 94.8 Å². The Balaban J connectivity index is 1.19. The molecule has 2 aromatic heterocycles. The summed E-state index contributed by atoms with van der Waals surface area (Å²) >= 11 is 0.967. The van der Waals surface area contributed by atoms with Crippen LogP contribution in [0.5, 0.6) is 0 Å². The number of rotatable bonds is 18. The second-order valence-electron chi connectivity index (χ2n) is 22.9. The summed E-state index contributed by atoms with van der Waals surface area (Å²) in [5.74, 6) is -2.31. The molecule has 2 aromatic carbocycles. The summed E-state index contributed by atoms with van der Waals surface area (Å²) in [5, 5.41) is 25.3. The lowest BCUT2D eigenvalue weighted by Crippen LogP contribution is -2.70. The van der Waals surface area contributed by atoms with E-state index in [0.29, 0.717) is 5.69 Å². The molecule has 432 valence electrons. The fraction of sp³-hybridized carbons (Fsp3) is 0.519. The fourth-order valence-corrected chi connectivity index (χ4v) is 8.10. The van der Waals surface area contributed by atoms with Crippen LogP contribution in [0.15, 0.2) is 82.4 Å². The van der Waals surface area contributed by atoms with Crippen molar-refractivity contribution in [2.75, 3.05) is 25.5 Å². The highest BCUT2D eigenvalue weighted by atomic mass is 32.1. The number of carbonyl (C=O) groups is 7. The largest absolute Gasteiger partial charge is 0.450 e. The molecule has 2 aliphatic rings. The molecule has 0 bridgehead atoms. The van der Waals surface area contributed by atoms with Crippen molar-refractivity contribution in [1.29, 1.82) is 0 Å². The van der Waals surface area contributed by atoms with Gasteiger partial charge in [0, 0.05) is 38.4 Å². The molecule has 26 heteroatoms. The average molecular weight is 1130 g/mol. The molecule has 80 heavy (non-hydrogen) atoms. The van der Waals surface area contributed by atoms with E-state index in [2.05, 4.69) is 46.6 Å². The number of carbonyl (C=O) groups excluding carboxylic acids is 7. The molecule has 2 atom stereocenters. The SMILES string of the molecule is CN(Cc1cnn(C[C@H]2NC(=O)[C@H]2NC(=O)/C(=N\OC2(C(=O)OC(c3ccccc3)c3ccccc3)CC2)c2csc(NC(=O)OC(C)(C)C)n2)n1)C(=NC(=O)OC(C)(C)C)N(CCCNC(=O)OC(C)(C)C)C(=O)OC(C)(C)C. The molecule has 0 unspecified atom stereocenters. The van der Waals surface area contributed by atoms with Crippen molar-refractivity contribution in [1.82, 2.24) is 45.7 Å². The first-order chi connectivity index (χ1) is 37.4. The van der Waals surface area contributed by atoms with Crippen LogP contribution in [0, 0.1) is 0 Å². The number of oxime groups is 1. The number of alkyl carbamates (subject to hydrolysis) is 1. The Morgan fingerprint density at radius 2 is 1.41 bits per heavy atom. The highest BCUT2D eigenvalue weighted by Gasteiger charge is 2.57. The first kappa shape index (κ1) is 61.1. The number of benzene rings is 2. The number of nitrogens with one attached hydrogen (secondary N) is 4. The zero-order chi connectivity index (χ0) is 58.8. The van der Waals surface area contributed by atoms with Crippen LogP contribution in [0.3, 0.4) is 0 Å². The van der Waals surface area contributed by atoms with Gasteiger partial charge in [0.25, 0.3) is 5.91 Å². The number of nitrogens with zero attached hydrogens (tertiary/aromatic N) is 8. The van der Waals surface area contributed by atoms with E-state index in [1.807, 2.05) is 60.7 Å². The lowest BCUT2D eigenvalue weighted by atomic mass is 9.98. The molecule has 1 aliphatic carbocycles. The summed E-state index contributed by atoms with van der Waals surface area (Å²) in [7, 11) is 1.57. The lowest BCUT2D eigenvalue weighted by Gasteiger charge is -2.36. The summed E-state index contributed by atoms with van der Waals surface area (Å²) < 4.78 is 28.1. The van der Waals surface area contributed by atoms with Crippen LogP contribution in [0.25, 0.3) is 0 Å². The Morgan fingerprint density at radius 3 is 1.98 bits per heavy atom. The van der Waals surface area contributed by atoms with Crippen molar-refractivity contribution in [2.24, 2.45) is 10.1 Å². The maximum Gasteiger partial charge on any atom is 0.437 e. The Labute approximate surface area is 468 Å². The second-order valence-corrected chi connectivity index (χ2v) is 23.8. The van der Waals surface area contributed by atoms with Crippen molar-refractivity contribution in [2.45, 2.75) is 162 Å². The average Bonchev–Trinajstić information content (AvgIpc) is 3.82. The van der Waals surface area contributed by atoms with Gasteiger partial charge >= 0.3 is 30.3 Å². The fourth-order valence-electron chi connectivity index (χ4n) is 7.42. The molecule has 1 aliphatic heterocycles. The number of anilines is 1. The van der Waals surface area contributed by atoms with Gasteiger partial charge in [-0.25, -0.2) is 33.9 Å². The minimum Gasteiger partial charge on any atom is -0.450 e. The highest BCUT2D eigenvalue weighted by molar-refractivity contribution is 7.14. The van der Waals surface area contributed by atoms with Gasteiger partial charge in [0.2, 0.25) is 17.5 Å². The monoisotopic (exact) mass is 1130 g/mol. The summed E-state index contributed by atoms with van der Waals surface area (Å²) in [6, 6.07) is 16.5. The number of thiazole rings is 1. The third kappa shape index (κ3) is 18.5. The first-order valence-electron chi connectivity index (χ1n) is 25.9. The zero-order valence-electron chi connectivity index (χ0n) is 47.4. The van der Waals surface area contributed by atoms with E-state index in [1.54, 1.807) is 90.1 Å². The number of esters is 1. The zero-order valence-corrected chi connectivity index (χ0v) is 48.2. The van der Waals surface area contributed by atoms with Gasteiger partial charge in [-0.2, -0.15) is 15.0 Å². The molecule has 4 N–H and O–H groups in total. The van der Waals surface area contributed by atoms with Crippen molar-refractivity contribution in [3.8, 4) is 0 Å². The normalized spacial score (nSPS) is 16.2. The smallest absolute Gasteiger partial charge is 0.437 e. The number of hydrogen-bond donors (Lipinski definition) is 4. The Bertz CT molecular complexity index is 2880. The summed E-state index contributed by atoms with van der Waals surface area (Å²) in [6.45, 7) is 20.3. The Hall–Kier alpha value is -8.16. The standard InChI is InChI=1S/C54H72N12O13S/c1-50(2,3)75-46(70)55-27-20-28-65(49(73)78-53(10,11)12)45(61-48(72)77-52(7,8)9)64(13)30-35-29-56-66(62-35)31-36-38(41(67)57-36)59-42(68)39(37-32-80-44(58-37)60-47(71)76-51(4,5)6)63-79-54(25-26-54)43(69)74-40(33-21-16-14-17-22-33)34-23-18-15-19-24-34/h14-19,21-24,29,32,36,38,40H,20,25-28,30-31H2,1-13H3,(H,55,70)(H,57,67)(H,59,68)(H,58,60,71)/b61-45?,63-39-/t36-,38+/m1/s1. The number of β-lactam (4-membered cyclic amide) rings is 1. The molecule has 0 radical (unpaired) electrons. The van der Waals surface area contributed by atoms with Gasteiger partial charge in [-0.05, 0) is 101 Å². The summed E-state index contributed by atoms with van der Waals surface area (Å²) in [6.07, 6.45) is -1.98. The highest BCUT2D eigenvalue weighted by Crippen LogP contribution is 2.43. The molecule has 0 spiro atoms. The number of guanidine groups is 1. The predicted molar refractivity (Wildman–Crippen MR) is 293 cm³/mol. The van der Waals surface area contributed by atoms with Gasteiger partial charge in [-0.15, -0.1) is 16.3 Å². The van der Waals surface area contributed by atoms with Gasteiger partial charge < -0.3 is 49.4 Å². The number of aliphatic imine (C=N–C) groups is 1. The molecule has 25 nitrogen and oxygen atoms in total. The number of hydrogen-bond acceptors (Lipinski definition) is 18. The second kappa shape index (κ2) is 25.3. The predicted octanol–water partition coefficient (Wildman–Crippen LogP) is 7.23. The van der Waals surface area contributed by atoms with Crippen LogP contribution >= 0.6 is 11.3 Å². The molecule has 1 saturated carbocycles. The molecule has 4 aromatic rings. The van der Waals surface area contributed by atoms with Crippen LogP contribution in [0.1, 0.15) is 131 Å². The van der Waals surface area contributed by atoms with E-state index in [-0.39, 0.29) is 62.2 Å². The van der Waals surface area contributed by atoms with Crippen molar-refractivity contribution >= 4 is 70.3 Å². The van der Waals surface area contributed by atoms with Gasteiger partial charge in [-0.3, -0.25) is 14.9 Å². The van der Waals surface area contributed by atoms with E-state index < -0.39 is 94.1 Å². The maximum absolute atomic E-state index is 14.3. The van der Waals surface area contributed by atoms with Gasteiger partial charge in [0.05, 0.1) is 25.3 Å². The van der Waals surface area contributed by atoms with Crippen LogP contribution < -0.4 is 21.3 Å². The molecule has 1 saturated heterocycles. The van der Waals surface area contributed by atoms with E-state index in [0.717, 1.165) is 27.4 Å². The van der Waals surface area contributed by atoms with E-state index in [9.17, 15) is 33.6 Å². The Kier molecular flexibility index (Phi) is 19.3. The van der Waals surface area contributed by atoms with E-state index >= 15 is 0 Å². The van der Waals surface area contributed by atoms with E-state index in [4.69, 9.17) is 28.5 Å². The van der Waals surface area contributed by atoms with Crippen LogP contribution in [-0.2, 0) is 56.0 Å². The van der Waals surface area contributed by atoms with Crippen LogP contribution in [0.4, 0.5) is 24.3 Å². The van der Waals surface area contributed by atoms with Gasteiger partial charge in [0.15, 0.2) is 16.9 Å². The number of aromatic nitrogens is 4. The molecular formula is C54H72N12O13S. The van der Waals surface area contributed by atoms with Gasteiger partial charge in [-0.1, -0.05) is 65.8 Å². The van der Waals surface area contributed by atoms with E-state index in [1.165, 1.54) is 21.3 Å². The lowest BCUT2D eigenvalue weighted by molar-refractivity contribution is -0.164. The molecule has 6 rings (SSSR count). The maximum atomic E-state index is 14.3. The minimum absolute atomic E-state index is 0.0451. The molecular weight excluding hydrogens is 1060 g/mol. The van der Waals surface area contributed by atoms with Crippen LogP contribution in [-0.4, -0.2) is 144 Å². The summed E-state index contributed by atoms with van der Waals surface area (Å²) in [5.41, 5.74) is -3.67. The van der Waals surface area contributed by atoms with Crippen molar-refractivity contribution < 1.29 is 62.1 Å². The number of amides is 6. The quantitative estimate of drug-likeness (QED) is 0.0145. The molecule has 6 amide bonds. The molecule has 3 heterocycles. The van der Waals surface area contributed by atoms with Crippen LogP contribution in [0.2, 0.25) is 0 Å². The minimum atomic E-state index is -1.55. The summed E-state index contributed by atoms with van der Waals surface area (Å²) in [4.78, 5) is 112.